The van der Waals surface area contributed by atoms with Gasteiger partial charge in [-0.25, -0.2) is 0 Å². The van der Waals surface area contributed by atoms with Gasteiger partial charge in [0.25, 0.3) is 0 Å². The molecule has 2 rings (SSSR count). The standard InChI is InChI=1S/C16H18ClNO/c1-3-19-15-9-7-12(8-10-15)16(18-2)13-5-4-6-14(17)11-13/h4-11,16,18H,3H2,1-2H3. The molecule has 1 unspecified atom stereocenters. The largest absolute Gasteiger partial charge is 0.494 e. The second kappa shape index (κ2) is 6.60. The summed E-state index contributed by atoms with van der Waals surface area (Å²) in [4.78, 5) is 0. The Balaban J connectivity index is 2.26. The fraction of sp³-hybridized carbons (Fsp3) is 0.250. The van der Waals surface area contributed by atoms with E-state index in [0.29, 0.717) is 6.61 Å². The normalized spacial score (nSPS) is 12.2. The van der Waals surface area contributed by atoms with Crippen LogP contribution in [0, 0.1) is 0 Å². The Hall–Kier alpha value is -1.51. The minimum atomic E-state index is 0.134. The molecule has 0 spiro atoms. The van der Waals surface area contributed by atoms with Gasteiger partial charge in [-0.2, -0.15) is 0 Å². The predicted octanol–water partition coefficient (Wildman–Crippen LogP) is 4.05. The molecule has 0 aliphatic heterocycles. The smallest absolute Gasteiger partial charge is 0.119 e. The van der Waals surface area contributed by atoms with Gasteiger partial charge in [0.2, 0.25) is 0 Å². The molecule has 0 amide bonds. The number of rotatable bonds is 5. The number of hydrogen-bond donors (Lipinski definition) is 1. The van der Waals surface area contributed by atoms with Crippen molar-refractivity contribution in [1.29, 1.82) is 0 Å². The lowest BCUT2D eigenvalue weighted by Gasteiger charge is -2.18. The Labute approximate surface area is 119 Å². The molecule has 1 atom stereocenters. The van der Waals surface area contributed by atoms with Gasteiger partial charge in [0, 0.05) is 5.02 Å². The Morgan fingerprint density at radius 3 is 2.42 bits per heavy atom. The lowest BCUT2D eigenvalue weighted by Crippen LogP contribution is -2.17. The first-order chi connectivity index (χ1) is 9.24. The summed E-state index contributed by atoms with van der Waals surface area (Å²) < 4.78 is 5.46. The maximum Gasteiger partial charge on any atom is 0.119 e. The predicted molar refractivity (Wildman–Crippen MR) is 80.0 cm³/mol. The second-order valence-corrected chi connectivity index (χ2v) is 4.72. The zero-order valence-corrected chi connectivity index (χ0v) is 11.9. The van der Waals surface area contributed by atoms with Crippen LogP contribution in [0.1, 0.15) is 24.1 Å². The molecule has 2 nitrogen and oxygen atoms in total. The van der Waals surface area contributed by atoms with E-state index < -0.39 is 0 Å². The van der Waals surface area contributed by atoms with Crippen molar-refractivity contribution in [3.63, 3.8) is 0 Å². The first-order valence-electron chi connectivity index (χ1n) is 6.40. The summed E-state index contributed by atoms with van der Waals surface area (Å²) in [5.41, 5.74) is 2.34. The summed E-state index contributed by atoms with van der Waals surface area (Å²) in [6.45, 7) is 2.67. The summed E-state index contributed by atoms with van der Waals surface area (Å²) in [5.74, 6) is 0.896. The van der Waals surface area contributed by atoms with Crippen LogP contribution in [0.15, 0.2) is 48.5 Å². The van der Waals surface area contributed by atoms with Crippen LogP contribution in [0.25, 0.3) is 0 Å². The summed E-state index contributed by atoms with van der Waals surface area (Å²) in [6.07, 6.45) is 0. The highest BCUT2D eigenvalue weighted by Crippen LogP contribution is 2.25. The first kappa shape index (κ1) is 13.9. The molecule has 0 saturated heterocycles. The third-order valence-corrected chi connectivity index (χ3v) is 3.23. The van der Waals surface area contributed by atoms with Crippen LogP contribution in [-0.4, -0.2) is 13.7 Å². The fourth-order valence-electron chi connectivity index (χ4n) is 2.14. The van der Waals surface area contributed by atoms with Crippen molar-refractivity contribution in [2.45, 2.75) is 13.0 Å². The van der Waals surface area contributed by atoms with E-state index in [1.165, 1.54) is 5.56 Å². The molecule has 2 aromatic rings. The van der Waals surface area contributed by atoms with Crippen molar-refractivity contribution in [1.82, 2.24) is 5.32 Å². The van der Waals surface area contributed by atoms with Crippen molar-refractivity contribution in [3.05, 3.63) is 64.7 Å². The monoisotopic (exact) mass is 275 g/mol. The number of hydrogen-bond acceptors (Lipinski definition) is 2. The van der Waals surface area contributed by atoms with Gasteiger partial charge in [-0.1, -0.05) is 35.9 Å². The van der Waals surface area contributed by atoms with E-state index in [9.17, 15) is 0 Å². The van der Waals surface area contributed by atoms with E-state index in [2.05, 4.69) is 23.5 Å². The summed E-state index contributed by atoms with van der Waals surface area (Å²) >= 11 is 6.05. The van der Waals surface area contributed by atoms with Crippen LogP contribution in [0.3, 0.4) is 0 Å². The maximum atomic E-state index is 6.05. The third-order valence-electron chi connectivity index (χ3n) is 3.00. The van der Waals surface area contributed by atoms with E-state index in [-0.39, 0.29) is 6.04 Å². The van der Waals surface area contributed by atoms with Crippen LogP contribution < -0.4 is 10.1 Å². The van der Waals surface area contributed by atoms with E-state index in [4.69, 9.17) is 16.3 Å². The molecule has 0 saturated carbocycles. The molecule has 0 aliphatic carbocycles. The van der Waals surface area contributed by atoms with E-state index >= 15 is 0 Å². The molecular formula is C16H18ClNO. The van der Waals surface area contributed by atoms with Crippen molar-refractivity contribution in [3.8, 4) is 5.75 Å². The number of halogens is 1. The van der Waals surface area contributed by atoms with Crippen molar-refractivity contribution in [2.75, 3.05) is 13.7 Å². The summed E-state index contributed by atoms with van der Waals surface area (Å²) in [7, 11) is 1.95. The Morgan fingerprint density at radius 1 is 1.11 bits per heavy atom. The molecule has 0 heterocycles. The minimum Gasteiger partial charge on any atom is -0.494 e. The van der Waals surface area contributed by atoms with Crippen LogP contribution in [-0.2, 0) is 0 Å². The van der Waals surface area contributed by atoms with E-state index in [0.717, 1.165) is 16.3 Å². The molecule has 2 aromatic carbocycles. The Morgan fingerprint density at radius 2 is 1.84 bits per heavy atom. The molecule has 0 aromatic heterocycles. The van der Waals surface area contributed by atoms with Crippen LogP contribution >= 0.6 is 11.6 Å². The summed E-state index contributed by atoms with van der Waals surface area (Å²) in [6, 6.07) is 16.2. The van der Waals surface area contributed by atoms with Gasteiger partial charge < -0.3 is 10.1 Å². The third kappa shape index (κ3) is 3.49. The Bertz CT molecular complexity index is 525. The molecule has 19 heavy (non-hydrogen) atoms. The number of benzene rings is 2. The lowest BCUT2D eigenvalue weighted by molar-refractivity contribution is 0.340. The SMILES string of the molecule is CCOc1ccc(C(NC)c2cccc(Cl)c2)cc1. The van der Waals surface area contributed by atoms with Gasteiger partial charge in [-0.3, -0.25) is 0 Å². The highest BCUT2D eigenvalue weighted by molar-refractivity contribution is 6.30. The van der Waals surface area contributed by atoms with Crippen molar-refractivity contribution in [2.24, 2.45) is 0 Å². The number of ether oxygens (including phenoxy) is 1. The van der Waals surface area contributed by atoms with Crippen LogP contribution in [0.5, 0.6) is 5.75 Å². The highest BCUT2D eigenvalue weighted by Gasteiger charge is 2.12. The van der Waals surface area contributed by atoms with Gasteiger partial charge >= 0.3 is 0 Å². The Kier molecular flexibility index (Phi) is 4.83. The van der Waals surface area contributed by atoms with Crippen LogP contribution in [0.4, 0.5) is 0 Å². The zero-order chi connectivity index (χ0) is 13.7. The number of nitrogens with one attached hydrogen (secondary N) is 1. The van der Waals surface area contributed by atoms with Gasteiger partial charge in [-0.05, 0) is 49.4 Å². The van der Waals surface area contributed by atoms with Gasteiger partial charge in [0.1, 0.15) is 5.75 Å². The van der Waals surface area contributed by atoms with Gasteiger partial charge in [0.15, 0.2) is 0 Å². The topological polar surface area (TPSA) is 21.3 Å². The quantitative estimate of drug-likeness (QED) is 0.889. The van der Waals surface area contributed by atoms with Gasteiger partial charge in [-0.15, -0.1) is 0 Å². The average molecular weight is 276 g/mol. The lowest BCUT2D eigenvalue weighted by atomic mass is 9.99. The molecule has 0 fully saturated rings. The van der Waals surface area contributed by atoms with Crippen molar-refractivity contribution < 1.29 is 4.74 Å². The molecule has 0 bridgehead atoms. The highest BCUT2D eigenvalue weighted by atomic mass is 35.5. The maximum absolute atomic E-state index is 6.05. The zero-order valence-electron chi connectivity index (χ0n) is 11.2. The molecule has 0 radical (unpaired) electrons. The van der Waals surface area contributed by atoms with Gasteiger partial charge in [0.05, 0.1) is 12.6 Å². The molecule has 100 valence electrons. The molecule has 1 N–H and O–H groups in total. The minimum absolute atomic E-state index is 0.134. The molecule has 0 aliphatic rings. The summed E-state index contributed by atoms with van der Waals surface area (Å²) in [5, 5.41) is 4.07. The molecular weight excluding hydrogens is 258 g/mol. The van der Waals surface area contributed by atoms with E-state index in [1.54, 1.807) is 0 Å². The average Bonchev–Trinajstić information content (AvgIpc) is 2.42. The first-order valence-corrected chi connectivity index (χ1v) is 6.78. The van der Waals surface area contributed by atoms with Crippen LogP contribution in [0.2, 0.25) is 5.02 Å². The fourth-order valence-corrected chi connectivity index (χ4v) is 2.33. The second-order valence-electron chi connectivity index (χ2n) is 4.28. The van der Waals surface area contributed by atoms with Crippen molar-refractivity contribution >= 4 is 11.6 Å². The molecule has 3 heteroatoms. The van der Waals surface area contributed by atoms with E-state index in [1.807, 2.05) is 44.3 Å².